The van der Waals surface area contributed by atoms with E-state index in [0.29, 0.717) is 15.7 Å². The van der Waals surface area contributed by atoms with Crippen molar-refractivity contribution in [2.75, 3.05) is 4.90 Å². The smallest absolute Gasteiger partial charge is 0.302 e. The molecule has 0 aliphatic carbocycles. The van der Waals surface area contributed by atoms with Crippen molar-refractivity contribution in [1.82, 2.24) is 5.32 Å². The van der Waals surface area contributed by atoms with Crippen molar-refractivity contribution in [2.24, 2.45) is 0 Å². The highest BCUT2D eigenvalue weighted by Crippen LogP contribution is 2.35. The highest BCUT2D eigenvalue weighted by Gasteiger charge is 2.34. The Bertz CT molecular complexity index is 1080. The number of imide groups is 1. The summed E-state index contributed by atoms with van der Waals surface area (Å²) in [6.07, 6.45) is 1.69. The predicted molar refractivity (Wildman–Crippen MR) is 115 cm³/mol. The van der Waals surface area contributed by atoms with Gasteiger partial charge in [-0.3, -0.25) is 4.79 Å². The lowest BCUT2D eigenvalue weighted by molar-refractivity contribution is -0.113. The molecule has 1 fully saturated rings. The zero-order chi connectivity index (χ0) is 19.7. The van der Waals surface area contributed by atoms with Gasteiger partial charge in [0.15, 0.2) is 0 Å². The van der Waals surface area contributed by atoms with E-state index in [1.165, 1.54) is 11.3 Å². The number of nitrogens with one attached hydrogen (secondary N) is 1. The minimum absolute atomic E-state index is 0.241. The largest absolute Gasteiger partial charge is 0.333 e. The molecular weight excluding hydrogens is 435 g/mol. The summed E-state index contributed by atoms with van der Waals surface area (Å²) in [5, 5.41) is 3.87. The maximum atomic E-state index is 12.7. The summed E-state index contributed by atoms with van der Waals surface area (Å²) in [5.74, 6) is -0.396. The normalized spacial score (nSPS) is 15.4. The number of nitrogens with zero attached hydrogens (tertiary/aromatic N) is 1. The highest BCUT2D eigenvalue weighted by atomic mass is 35.5. The van der Waals surface area contributed by atoms with Gasteiger partial charge in [0.25, 0.3) is 5.91 Å². The zero-order valence-electron chi connectivity index (χ0n) is 14.2. The average Bonchev–Trinajstić information content (AvgIpc) is 3.22. The predicted octanol–water partition coefficient (Wildman–Crippen LogP) is 6.30. The first kappa shape index (κ1) is 19.1. The fourth-order valence-electron chi connectivity index (χ4n) is 2.59. The Morgan fingerprint density at radius 3 is 2.21 bits per heavy atom. The Kier molecular flexibility index (Phi) is 5.46. The van der Waals surface area contributed by atoms with Gasteiger partial charge in [-0.05, 0) is 66.7 Å². The Hall–Kier alpha value is -2.25. The van der Waals surface area contributed by atoms with Gasteiger partial charge in [-0.2, -0.15) is 0 Å². The third kappa shape index (κ3) is 4.10. The molecule has 1 aromatic heterocycles. The summed E-state index contributed by atoms with van der Waals surface area (Å²) in [4.78, 5) is 28.0. The van der Waals surface area contributed by atoms with Gasteiger partial charge in [-0.1, -0.05) is 35.0 Å². The lowest BCUT2D eigenvalue weighted by Gasteiger charge is -2.11. The van der Waals surface area contributed by atoms with Crippen LogP contribution in [-0.2, 0) is 4.79 Å². The summed E-state index contributed by atoms with van der Waals surface area (Å²) in [7, 11) is 0. The van der Waals surface area contributed by atoms with Crippen molar-refractivity contribution >= 4 is 70.0 Å². The van der Waals surface area contributed by atoms with Gasteiger partial charge in [-0.25, -0.2) is 9.69 Å². The van der Waals surface area contributed by atoms with Crippen molar-refractivity contribution in [3.8, 4) is 0 Å². The molecule has 0 spiro atoms. The molecule has 2 heterocycles. The van der Waals surface area contributed by atoms with E-state index in [2.05, 4.69) is 5.32 Å². The van der Waals surface area contributed by atoms with E-state index in [0.717, 1.165) is 18.9 Å². The van der Waals surface area contributed by atoms with Crippen LogP contribution in [0.5, 0.6) is 0 Å². The van der Waals surface area contributed by atoms with Crippen LogP contribution in [0.3, 0.4) is 0 Å². The number of urea groups is 1. The number of benzene rings is 2. The molecule has 1 aliphatic heterocycles. The summed E-state index contributed by atoms with van der Waals surface area (Å²) in [6.45, 7) is 0. The number of thiophene rings is 1. The second-order valence-corrected chi connectivity index (χ2v) is 9.18. The van der Waals surface area contributed by atoms with Crippen LogP contribution in [-0.4, -0.2) is 11.9 Å². The van der Waals surface area contributed by atoms with E-state index in [1.54, 1.807) is 42.1 Å². The molecule has 0 unspecified atom stereocenters. The number of amides is 3. The number of hydrogen-bond donors (Lipinski definition) is 1. The van der Waals surface area contributed by atoms with Crippen molar-refractivity contribution < 1.29 is 9.59 Å². The second kappa shape index (κ2) is 8.01. The summed E-state index contributed by atoms with van der Waals surface area (Å²) in [5.41, 5.74) is 0.713. The van der Waals surface area contributed by atoms with Crippen molar-refractivity contribution in [3.05, 3.63) is 81.3 Å². The lowest BCUT2D eigenvalue weighted by atomic mass is 10.3. The molecule has 2 aromatic carbocycles. The van der Waals surface area contributed by atoms with Crippen LogP contribution < -0.4 is 10.2 Å². The first-order valence-electron chi connectivity index (χ1n) is 8.15. The number of carbonyl (C=O) groups excluding carboxylic acids is 2. The molecule has 0 radical (unpaired) electrons. The van der Waals surface area contributed by atoms with Crippen molar-refractivity contribution in [2.45, 2.75) is 9.10 Å². The van der Waals surface area contributed by atoms with Crippen LogP contribution in [0.4, 0.5) is 10.5 Å². The SMILES string of the molecule is O=C1N/C(=C/c2ccc(Sc3ccc(Cl)cc3)s2)C(=O)N1c1ccc(Cl)cc1. The maximum absolute atomic E-state index is 12.7. The van der Waals surface area contributed by atoms with Crippen LogP contribution in [0.25, 0.3) is 6.08 Å². The molecule has 0 atom stereocenters. The molecule has 3 aromatic rings. The van der Waals surface area contributed by atoms with Gasteiger partial charge in [0, 0.05) is 19.8 Å². The van der Waals surface area contributed by atoms with Gasteiger partial charge in [0.1, 0.15) is 5.70 Å². The van der Waals surface area contributed by atoms with Gasteiger partial charge >= 0.3 is 6.03 Å². The number of hydrogen-bond acceptors (Lipinski definition) is 4. The van der Waals surface area contributed by atoms with Gasteiger partial charge in [0.2, 0.25) is 0 Å². The summed E-state index contributed by atoms with van der Waals surface area (Å²) < 4.78 is 1.07. The van der Waals surface area contributed by atoms with E-state index in [4.69, 9.17) is 23.2 Å². The Labute approximate surface area is 179 Å². The van der Waals surface area contributed by atoms with Crippen LogP contribution in [0.1, 0.15) is 4.88 Å². The summed E-state index contributed by atoms with van der Waals surface area (Å²) in [6, 6.07) is 17.6. The number of halogens is 2. The number of anilines is 1. The van der Waals surface area contributed by atoms with Crippen molar-refractivity contribution in [1.29, 1.82) is 0 Å². The standard InChI is InChI=1S/C20H12Cl2N2O2S2/c21-12-1-5-14(6-2-12)24-19(25)17(23-20(24)26)11-16-9-10-18(28-16)27-15-7-3-13(22)4-8-15/h1-11H,(H,23,26)/b17-11+. The second-order valence-electron chi connectivity index (χ2n) is 5.82. The van der Waals surface area contributed by atoms with E-state index < -0.39 is 11.9 Å². The molecule has 4 nitrogen and oxygen atoms in total. The molecule has 8 heteroatoms. The number of carbonyl (C=O) groups is 2. The fraction of sp³-hybridized carbons (Fsp3) is 0. The van der Waals surface area contributed by atoms with Crippen molar-refractivity contribution in [3.63, 3.8) is 0 Å². The quantitative estimate of drug-likeness (QED) is 0.377. The molecule has 1 saturated heterocycles. The van der Waals surface area contributed by atoms with Crippen LogP contribution in [0, 0.1) is 0 Å². The first-order chi connectivity index (χ1) is 13.5. The highest BCUT2D eigenvalue weighted by molar-refractivity contribution is 8.01. The molecular formula is C20H12Cl2N2O2S2. The van der Waals surface area contributed by atoms with Gasteiger partial charge < -0.3 is 5.32 Å². The Morgan fingerprint density at radius 1 is 0.893 bits per heavy atom. The minimum Gasteiger partial charge on any atom is -0.302 e. The maximum Gasteiger partial charge on any atom is 0.333 e. The molecule has 140 valence electrons. The first-order valence-corrected chi connectivity index (χ1v) is 10.5. The average molecular weight is 447 g/mol. The molecule has 1 N–H and O–H groups in total. The molecule has 0 bridgehead atoms. The van der Waals surface area contributed by atoms with E-state index in [-0.39, 0.29) is 5.70 Å². The fourth-order valence-corrected chi connectivity index (χ4v) is 4.91. The summed E-state index contributed by atoms with van der Waals surface area (Å²) >= 11 is 14.9. The Balaban J connectivity index is 1.52. The molecule has 28 heavy (non-hydrogen) atoms. The minimum atomic E-state index is -0.481. The molecule has 1 aliphatic rings. The Morgan fingerprint density at radius 2 is 1.54 bits per heavy atom. The topological polar surface area (TPSA) is 49.4 Å². The monoisotopic (exact) mass is 446 g/mol. The lowest BCUT2D eigenvalue weighted by Crippen LogP contribution is -2.30. The van der Waals surface area contributed by atoms with E-state index in [1.807, 2.05) is 36.4 Å². The molecule has 4 rings (SSSR count). The zero-order valence-corrected chi connectivity index (χ0v) is 17.3. The number of rotatable bonds is 4. The van der Waals surface area contributed by atoms with E-state index >= 15 is 0 Å². The van der Waals surface area contributed by atoms with Gasteiger partial charge in [0.05, 0.1) is 9.90 Å². The third-order valence-electron chi connectivity index (χ3n) is 3.88. The third-order valence-corrected chi connectivity index (χ3v) is 6.56. The molecule has 0 saturated carbocycles. The van der Waals surface area contributed by atoms with E-state index in [9.17, 15) is 9.59 Å². The van der Waals surface area contributed by atoms with Crippen LogP contribution in [0.2, 0.25) is 10.0 Å². The van der Waals surface area contributed by atoms with Crippen LogP contribution in [0.15, 0.2) is 75.5 Å². The van der Waals surface area contributed by atoms with Gasteiger partial charge in [-0.15, -0.1) is 11.3 Å². The molecule has 3 amide bonds. The van der Waals surface area contributed by atoms with Crippen LogP contribution >= 0.6 is 46.3 Å².